The van der Waals surface area contributed by atoms with Gasteiger partial charge in [-0.2, -0.15) is 0 Å². The highest BCUT2D eigenvalue weighted by molar-refractivity contribution is 6.81. The highest BCUT2D eigenvalue weighted by atomic mass is 28.3. The molecule has 0 amide bonds. The van der Waals surface area contributed by atoms with Gasteiger partial charge in [0.2, 0.25) is 0 Å². The minimum Gasteiger partial charge on any atom is -0.462 e. The van der Waals surface area contributed by atoms with Gasteiger partial charge in [-0.05, 0) is 6.42 Å². The van der Waals surface area contributed by atoms with E-state index in [-0.39, 0.29) is 17.6 Å². The Labute approximate surface area is 68.9 Å². The van der Waals surface area contributed by atoms with Crippen LogP contribution < -0.4 is 0 Å². The van der Waals surface area contributed by atoms with E-state index in [1.165, 1.54) is 0 Å². The molecule has 1 saturated heterocycles. The summed E-state index contributed by atoms with van der Waals surface area (Å²) in [7, 11) is -1.30. The summed E-state index contributed by atoms with van der Waals surface area (Å²) in [6.07, 6.45) is 1.20. The van der Waals surface area contributed by atoms with Crippen molar-refractivity contribution < 1.29 is 9.53 Å². The average molecular weight is 172 g/mol. The molecule has 2 atom stereocenters. The summed E-state index contributed by atoms with van der Waals surface area (Å²) in [5.74, 6) is 0.0380. The zero-order valence-electron chi connectivity index (χ0n) is 7.68. The van der Waals surface area contributed by atoms with Gasteiger partial charge in [-0.1, -0.05) is 26.6 Å². The molecule has 0 aliphatic carbocycles. The Kier molecular flexibility index (Phi) is 2.10. The Hall–Kier alpha value is -0.313. The molecule has 0 bridgehead atoms. The fourth-order valence-electron chi connectivity index (χ4n) is 1.60. The van der Waals surface area contributed by atoms with E-state index in [0.717, 1.165) is 6.42 Å². The van der Waals surface area contributed by atoms with Crippen molar-refractivity contribution in [2.75, 3.05) is 0 Å². The van der Waals surface area contributed by atoms with Crippen molar-refractivity contribution in [1.82, 2.24) is 0 Å². The summed E-state index contributed by atoms with van der Waals surface area (Å²) in [5, 5.41) is 0. The second-order valence-electron chi connectivity index (χ2n) is 4.23. The highest BCUT2D eigenvalue weighted by Crippen LogP contribution is 2.38. The first kappa shape index (κ1) is 8.78. The van der Waals surface area contributed by atoms with Gasteiger partial charge in [-0.25, -0.2) is 0 Å². The molecule has 1 heterocycles. The third kappa shape index (κ3) is 1.48. The molecule has 1 rings (SSSR count). The molecule has 2 nitrogen and oxygen atoms in total. The van der Waals surface area contributed by atoms with Crippen LogP contribution in [0, 0.1) is 0 Å². The Bertz CT molecular complexity index is 171. The van der Waals surface area contributed by atoms with E-state index in [2.05, 4.69) is 26.6 Å². The van der Waals surface area contributed by atoms with Crippen molar-refractivity contribution in [3.8, 4) is 0 Å². The number of hydrogen-bond donors (Lipinski definition) is 0. The van der Waals surface area contributed by atoms with Gasteiger partial charge in [0.25, 0.3) is 0 Å². The van der Waals surface area contributed by atoms with Crippen LogP contribution in [-0.4, -0.2) is 20.1 Å². The third-order valence-electron chi connectivity index (χ3n) is 2.23. The smallest absolute Gasteiger partial charge is 0.310 e. The molecule has 3 heteroatoms. The van der Waals surface area contributed by atoms with E-state index < -0.39 is 8.07 Å². The van der Waals surface area contributed by atoms with Crippen LogP contribution in [-0.2, 0) is 9.53 Å². The summed E-state index contributed by atoms with van der Waals surface area (Å²) < 4.78 is 5.02. The molecule has 0 aromatic rings. The van der Waals surface area contributed by atoms with Crippen LogP contribution in [0.3, 0.4) is 0 Å². The Balaban J connectivity index is 2.63. The molecule has 11 heavy (non-hydrogen) atoms. The maximum Gasteiger partial charge on any atom is 0.310 e. The van der Waals surface area contributed by atoms with Gasteiger partial charge in [0.05, 0.1) is 13.6 Å². The van der Waals surface area contributed by atoms with Gasteiger partial charge in [0.15, 0.2) is 0 Å². The molecule has 1 aliphatic heterocycles. The topological polar surface area (TPSA) is 26.3 Å². The van der Waals surface area contributed by atoms with Gasteiger partial charge < -0.3 is 4.74 Å². The van der Waals surface area contributed by atoms with E-state index in [0.29, 0.717) is 0 Å². The molecule has 0 aromatic carbocycles. The zero-order valence-corrected chi connectivity index (χ0v) is 8.68. The van der Waals surface area contributed by atoms with Crippen LogP contribution in [0.4, 0.5) is 0 Å². The summed E-state index contributed by atoms with van der Waals surface area (Å²) >= 11 is 0. The number of cyclic esters (lactones) is 1. The monoisotopic (exact) mass is 172 g/mol. The first-order valence-electron chi connectivity index (χ1n) is 4.17. The standard InChI is InChI=1S/C8H16O2Si/c1-5-6-7(8(9)10-6)11(2,3)4/h6-7H,5H2,1-4H3/t6-,7-/m0/s1. The Morgan fingerprint density at radius 2 is 2.00 bits per heavy atom. The zero-order chi connectivity index (χ0) is 8.65. The van der Waals surface area contributed by atoms with Crippen LogP contribution in [0.1, 0.15) is 13.3 Å². The van der Waals surface area contributed by atoms with Crippen molar-refractivity contribution in [2.24, 2.45) is 0 Å². The van der Waals surface area contributed by atoms with E-state index >= 15 is 0 Å². The number of hydrogen-bond acceptors (Lipinski definition) is 2. The van der Waals surface area contributed by atoms with E-state index in [1.807, 2.05) is 0 Å². The Morgan fingerprint density at radius 3 is 2.18 bits per heavy atom. The van der Waals surface area contributed by atoms with Gasteiger partial charge in [-0.3, -0.25) is 4.79 Å². The molecule has 0 N–H and O–H groups in total. The highest BCUT2D eigenvalue weighted by Gasteiger charge is 2.49. The van der Waals surface area contributed by atoms with E-state index in [1.54, 1.807) is 0 Å². The molecule has 64 valence electrons. The summed E-state index contributed by atoms with van der Waals surface area (Å²) in [6, 6.07) is 0. The SMILES string of the molecule is CC[C@@H]1OC(=O)[C@H]1[Si](C)(C)C. The molecule has 0 aromatic heterocycles. The van der Waals surface area contributed by atoms with Crippen molar-refractivity contribution in [1.29, 1.82) is 0 Å². The van der Waals surface area contributed by atoms with Crippen molar-refractivity contribution in [2.45, 2.75) is 44.6 Å². The molecule has 0 saturated carbocycles. The Morgan fingerprint density at radius 1 is 1.45 bits per heavy atom. The maximum absolute atomic E-state index is 11.1. The van der Waals surface area contributed by atoms with Gasteiger partial charge >= 0.3 is 5.97 Å². The molecule has 1 aliphatic rings. The predicted octanol–water partition coefficient (Wildman–Crippen LogP) is 2.03. The van der Waals surface area contributed by atoms with Gasteiger partial charge in [0.1, 0.15) is 6.10 Å². The molecule has 1 fully saturated rings. The fraction of sp³-hybridized carbons (Fsp3) is 0.875. The number of rotatable bonds is 2. The van der Waals surface area contributed by atoms with Crippen molar-refractivity contribution in [3.05, 3.63) is 0 Å². The van der Waals surface area contributed by atoms with Crippen LogP contribution in [0.25, 0.3) is 0 Å². The number of esters is 1. The second-order valence-corrected chi connectivity index (χ2v) is 9.58. The predicted molar refractivity (Wildman–Crippen MR) is 47.3 cm³/mol. The lowest BCUT2D eigenvalue weighted by molar-refractivity contribution is -0.169. The van der Waals surface area contributed by atoms with Crippen LogP contribution >= 0.6 is 0 Å². The first-order valence-corrected chi connectivity index (χ1v) is 7.75. The molecule has 0 spiro atoms. The third-order valence-corrected chi connectivity index (χ3v) is 4.70. The molecule has 0 unspecified atom stereocenters. The quantitative estimate of drug-likeness (QED) is 0.470. The molecular weight excluding hydrogens is 156 g/mol. The maximum atomic E-state index is 11.1. The largest absolute Gasteiger partial charge is 0.462 e. The lowest BCUT2D eigenvalue weighted by Gasteiger charge is -2.41. The van der Waals surface area contributed by atoms with E-state index in [9.17, 15) is 4.79 Å². The second kappa shape index (κ2) is 2.63. The minimum atomic E-state index is -1.30. The molecular formula is C8H16O2Si. The first-order chi connectivity index (χ1) is 4.96. The van der Waals surface area contributed by atoms with E-state index in [4.69, 9.17) is 4.74 Å². The van der Waals surface area contributed by atoms with Crippen molar-refractivity contribution in [3.63, 3.8) is 0 Å². The normalized spacial score (nSPS) is 31.1. The summed E-state index contributed by atoms with van der Waals surface area (Å²) in [6.45, 7) is 8.74. The van der Waals surface area contributed by atoms with Crippen LogP contribution in [0.2, 0.25) is 25.2 Å². The van der Waals surface area contributed by atoms with Crippen LogP contribution in [0.15, 0.2) is 0 Å². The number of carbonyl (C=O) groups is 1. The summed E-state index contributed by atoms with van der Waals surface area (Å²) in [5.41, 5.74) is 0.257. The number of carbonyl (C=O) groups excluding carboxylic acids is 1. The molecule has 0 radical (unpaired) electrons. The lowest BCUT2D eigenvalue weighted by atomic mass is 10.1. The van der Waals surface area contributed by atoms with Gasteiger partial charge in [0, 0.05) is 0 Å². The van der Waals surface area contributed by atoms with Crippen LogP contribution in [0.5, 0.6) is 0 Å². The van der Waals surface area contributed by atoms with Crippen molar-refractivity contribution >= 4 is 14.0 Å². The van der Waals surface area contributed by atoms with Gasteiger partial charge in [-0.15, -0.1) is 0 Å². The fourth-order valence-corrected chi connectivity index (χ4v) is 3.79. The lowest BCUT2D eigenvalue weighted by Crippen LogP contribution is -2.52. The summed E-state index contributed by atoms with van der Waals surface area (Å²) in [4.78, 5) is 11.1. The minimum absolute atomic E-state index is 0.0380. The average Bonchev–Trinajstić information content (AvgIpc) is 1.77. The number of ether oxygens (including phenoxy) is 1.